The molecule has 0 unspecified atom stereocenters. The first-order valence-corrected chi connectivity index (χ1v) is 8.22. The Bertz CT molecular complexity index is 530. The number of hydrogen-bond donors (Lipinski definition) is 2. The predicted octanol–water partition coefficient (Wildman–Crippen LogP) is 3.19. The molecule has 4 heteroatoms. The Hall–Kier alpha value is -2.02. The molecule has 1 aliphatic carbocycles. The zero-order valence-corrected chi connectivity index (χ0v) is 13.7. The predicted molar refractivity (Wildman–Crippen MR) is 90.6 cm³/mol. The minimum absolute atomic E-state index is 0.477. The summed E-state index contributed by atoms with van der Waals surface area (Å²) >= 11 is 0. The first-order chi connectivity index (χ1) is 10.7. The van der Waals surface area contributed by atoms with E-state index < -0.39 is 0 Å². The fraction of sp³-hybridized carbons (Fsp3) is 0.556. The second-order valence-electron chi connectivity index (χ2n) is 6.06. The van der Waals surface area contributed by atoms with Crippen LogP contribution in [0.4, 0.5) is 0 Å². The molecule has 0 amide bonds. The molecule has 0 atom stereocenters. The highest BCUT2D eigenvalue weighted by Crippen LogP contribution is 2.42. The quantitative estimate of drug-likeness (QED) is 0.626. The molecule has 4 nitrogen and oxygen atoms in total. The van der Waals surface area contributed by atoms with Crippen molar-refractivity contribution in [1.29, 1.82) is 5.26 Å². The molecule has 2 N–H and O–H groups in total. The lowest BCUT2D eigenvalue weighted by molar-refractivity contribution is 0.131. The van der Waals surface area contributed by atoms with Gasteiger partial charge in [0.1, 0.15) is 0 Å². The molecular weight excluding hydrogens is 272 g/mol. The molecule has 1 saturated carbocycles. The Morgan fingerprint density at radius 2 is 1.95 bits per heavy atom. The summed E-state index contributed by atoms with van der Waals surface area (Å²) in [4.78, 5) is 4.65. The normalized spacial score (nSPS) is 16.5. The van der Waals surface area contributed by atoms with Crippen molar-refractivity contribution in [1.82, 2.24) is 10.6 Å². The number of benzene rings is 1. The van der Waals surface area contributed by atoms with Crippen LogP contribution in [0.25, 0.3) is 0 Å². The SMILES string of the molecule is CCNC(=NCc1ccc(C#N)cc1)NCC1(CC)CCC1. The van der Waals surface area contributed by atoms with Crippen LogP contribution in [0.2, 0.25) is 0 Å². The highest BCUT2D eigenvalue weighted by molar-refractivity contribution is 5.79. The highest BCUT2D eigenvalue weighted by Gasteiger charge is 2.34. The fourth-order valence-electron chi connectivity index (χ4n) is 2.80. The van der Waals surface area contributed by atoms with Crippen LogP contribution in [0.5, 0.6) is 0 Å². The van der Waals surface area contributed by atoms with Crippen LogP contribution in [-0.4, -0.2) is 19.0 Å². The summed E-state index contributed by atoms with van der Waals surface area (Å²) in [7, 11) is 0. The summed E-state index contributed by atoms with van der Waals surface area (Å²) in [6, 6.07) is 9.74. The number of nitrogens with one attached hydrogen (secondary N) is 2. The molecule has 1 aromatic rings. The number of aliphatic imine (C=N–C) groups is 1. The molecule has 1 fully saturated rings. The molecule has 22 heavy (non-hydrogen) atoms. The number of rotatable bonds is 6. The van der Waals surface area contributed by atoms with Gasteiger partial charge in [0.2, 0.25) is 0 Å². The summed E-state index contributed by atoms with van der Waals surface area (Å²) in [5.41, 5.74) is 2.28. The maximum absolute atomic E-state index is 8.82. The van der Waals surface area contributed by atoms with E-state index in [1.54, 1.807) is 0 Å². The average molecular weight is 298 g/mol. The standard InChI is InChI=1S/C18H26N4/c1-3-18(10-5-11-18)14-22-17(20-4-2)21-13-16-8-6-15(12-19)7-9-16/h6-9H,3-5,10-11,13-14H2,1-2H3,(H2,20,21,22). The van der Waals surface area contributed by atoms with Gasteiger partial charge in [-0.3, -0.25) is 0 Å². The number of guanidine groups is 1. The Kier molecular flexibility index (Phi) is 5.83. The summed E-state index contributed by atoms with van der Waals surface area (Å²) in [5, 5.41) is 15.6. The molecule has 118 valence electrons. The minimum atomic E-state index is 0.477. The van der Waals surface area contributed by atoms with Crippen LogP contribution < -0.4 is 10.6 Å². The topological polar surface area (TPSA) is 60.2 Å². The van der Waals surface area contributed by atoms with Crippen LogP contribution in [0, 0.1) is 16.7 Å². The molecular formula is C18H26N4. The lowest BCUT2D eigenvalue weighted by Gasteiger charge is -2.41. The van der Waals surface area contributed by atoms with Crippen LogP contribution in [0.1, 0.15) is 50.7 Å². The van der Waals surface area contributed by atoms with Crippen molar-refractivity contribution >= 4 is 5.96 Å². The third kappa shape index (κ3) is 4.24. The van der Waals surface area contributed by atoms with E-state index in [2.05, 4.69) is 35.5 Å². The lowest BCUT2D eigenvalue weighted by atomic mass is 9.67. The molecule has 0 saturated heterocycles. The molecule has 0 heterocycles. The number of nitrogens with zero attached hydrogens (tertiary/aromatic N) is 2. The van der Waals surface area contributed by atoms with Gasteiger partial charge in [-0.05, 0) is 49.3 Å². The van der Waals surface area contributed by atoms with E-state index in [-0.39, 0.29) is 0 Å². The molecule has 0 radical (unpaired) electrons. The zero-order valence-electron chi connectivity index (χ0n) is 13.7. The van der Waals surface area contributed by atoms with Crippen molar-refractivity contribution in [3.05, 3.63) is 35.4 Å². The van der Waals surface area contributed by atoms with Crippen molar-refractivity contribution in [2.24, 2.45) is 10.4 Å². The van der Waals surface area contributed by atoms with Crippen LogP contribution >= 0.6 is 0 Å². The van der Waals surface area contributed by atoms with E-state index in [0.29, 0.717) is 17.5 Å². The van der Waals surface area contributed by atoms with Crippen molar-refractivity contribution in [2.75, 3.05) is 13.1 Å². The highest BCUT2D eigenvalue weighted by atomic mass is 15.2. The summed E-state index contributed by atoms with van der Waals surface area (Å²) in [5.74, 6) is 0.881. The summed E-state index contributed by atoms with van der Waals surface area (Å²) in [6.45, 7) is 6.85. The summed E-state index contributed by atoms with van der Waals surface area (Å²) in [6.07, 6.45) is 5.24. The van der Waals surface area contributed by atoms with Gasteiger partial charge in [-0.1, -0.05) is 25.5 Å². The average Bonchev–Trinajstić information content (AvgIpc) is 2.52. The van der Waals surface area contributed by atoms with Crippen LogP contribution in [0.3, 0.4) is 0 Å². The van der Waals surface area contributed by atoms with Gasteiger partial charge in [-0.25, -0.2) is 4.99 Å². The van der Waals surface area contributed by atoms with E-state index in [0.717, 1.165) is 24.6 Å². The Morgan fingerprint density at radius 3 is 2.45 bits per heavy atom. The van der Waals surface area contributed by atoms with E-state index in [9.17, 15) is 0 Å². The molecule has 0 spiro atoms. The Balaban J connectivity index is 1.92. The minimum Gasteiger partial charge on any atom is -0.357 e. The number of nitriles is 1. The monoisotopic (exact) mass is 298 g/mol. The first kappa shape index (κ1) is 16.4. The van der Waals surface area contributed by atoms with Gasteiger partial charge in [0.25, 0.3) is 0 Å². The van der Waals surface area contributed by atoms with Gasteiger partial charge >= 0.3 is 0 Å². The fourth-order valence-corrected chi connectivity index (χ4v) is 2.80. The maximum atomic E-state index is 8.82. The lowest BCUT2D eigenvalue weighted by Crippen LogP contribution is -2.46. The van der Waals surface area contributed by atoms with Gasteiger partial charge in [0.05, 0.1) is 18.2 Å². The Labute approximate surface area is 133 Å². The molecule has 0 aliphatic heterocycles. The van der Waals surface area contributed by atoms with Crippen LogP contribution in [-0.2, 0) is 6.54 Å². The van der Waals surface area contributed by atoms with Gasteiger partial charge in [-0.15, -0.1) is 0 Å². The van der Waals surface area contributed by atoms with Crippen molar-refractivity contribution in [2.45, 2.75) is 46.1 Å². The van der Waals surface area contributed by atoms with Gasteiger partial charge in [0, 0.05) is 13.1 Å². The van der Waals surface area contributed by atoms with Crippen molar-refractivity contribution in [3.63, 3.8) is 0 Å². The van der Waals surface area contributed by atoms with Crippen LogP contribution in [0.15, 0.2) is 29.3 Å². The Morgan fingerprint density at radius 1 is 1.23 bits per heavy atom. The molecule has 0 bridgehead atoms. The largest absolute Gasteiger partial charge is 0.357 e. The van der Waals surface area contributed by atoms with E-state index >= 15 is 0 Å². The van der Waals surface area contributed by atoms with Gasteiger partial charge < -0.3 is 10.6 Å². The first-order valence-electron chi connectivity index (χ1n) is 8.22. The molecule has 2 rings (SSSR count). The molecule has 1 aliphatic rings. The zero-order chi connectivity index (χ0) is 15.8. The second kappa shape index (κ2) is 7.84. The smallest absolute Gasteiger partial charge is 0.191 e. The molecule has 0 aromatic heterocycles. The van der Waals surface area contributed by atoms with Crippen molar-refractivity contribution in [3.8, 4) is 6.07 Å². The third-order valence-corrected chi connectivity index (χ3v) is 4.64. The van der Waals surface area contributed by atoms with Gasteiger partial charge in [0.15, 0.2) is 5.96 Å². The van der Waals surface area contributed by atoms with E-state index in [1.165, 1.54) is 25.7 Å². The second-order valence-corrected chi connectivity index (χ2v) is 6.06. The number of hydrogen-bond acceptors (Lipinski definition) is 2. The van der Waals surface area contributed by atoms with E-state index in [4.69, 9.17) is 5.26 Å². The van der Waals surface area contributed by atoms with Crippen molar-refractivity contribution < 1.29 is 0 Å². The summed E-state index contributed by atoms with van der Waals surface area (Å²) < 4.78 is 0. The molecule has 1 aromatic carbocycles. The third-order valence-electron chi connectivity index (χ3n) is 4.64. The van der Waals surface area contributed by atoms with Gasteiger partial charge in [-0.2, -0.15) is 5.26 Å². The van der Waals surface area contributed by atoms with E-state index in [1.807, 2.05) is 24.3 Å². The maximum Gasteiger partial charge on any atom is 0.191 e.